The smallest absolute Gasteiger partial charge is 0.137 e. The van der Waals surface area contributed by atoms with Gasteiger partial charge in [-0.05, 0) is 23.6 Å². The number of nitrogen functional groups attached to an aromatic ring is 1. The summed E-state index contributed by atoms with van der Waals surface area (Å²) >= 11 is 0. The van der Waals surface area contributed by atoms with Gasteiger partial charge in [0, 0.05) is 18.5 Å². The highest BCUT2D eigenvalue weighted by Crippen LogP contribution is 2.13. The largest absolute Gasteiger partial charge is 0.399 e. The molecule has 0 heterocycles. The van der Waals surface area contributed by atoms with E-state index >= 15 is 0 Å². The minimum atomic E-state index is 0.312. The molecule has 1 aromatic rings. The fourth-order valence-electron chi connectivity index (χ4n) is 1.99. The monoisotopic (exact) mass is 219 g/mol. The number of carbonyl (C=O) groups is 1. The van der Waals surface area contributed by atoms with Gasteiger partial charge in [0.1, 0.15) is 5.78 Å². The summed E-state index contributed by atoms with van der Waals surface area (Å²) in [7, 11) is 0. The lowest BCUT2D eigenvalue weighted by atomic mass is 9.96. The van der Waals surface area contributed by atoms with Crippen LogP contribution in [0.1, 0.15) is 38.7 Å². The molecule has 0 aliphatic heterocycles. The van der Waals surface area contributed by atoms with Crippen molar-refractivity contribution in [1.29, 1.82) is 0 Å². The highest BCUT2D eigenvalue weighted by Gasteiger charge is 2.09. The molecule has 0 saturated carbocycles. The average Bonchev–Trinajstić information content (AvgIpc) is 2.17. The molecule has 0 spiro atoms. The Balaban J connectivity index is 2.45. The van der Waals surface area contributed by atoms with Gasteiger partial charge in [-0.1, -0.05) is 38.8 Å². The summed E-state index contributed by atoms with van der Waals surface area (Å²) in [4.78, 5) is 11.8. The van der Waals surface area contributed by atoms with Gasteiger partial charge in [0.05, 0.1) is 0 Å². The maximum Gasteiger partial charge on any atom is 0.137 e. The molecule has 1 unspecified atom stereocenters. The second kappa shape index (κ2) is 6.31. The number of Topliss-reactive ketones (excluding diaryl/α,β-unsaturated/α-hetero) is 1. The molecular formula is C14H21NO. The normalized spacial score (nSPS) is 12.4. The van der Waals surface area contributed by atoms with E-state index in [9.17, 15) is 4.79 Å². The van der Waals surface area contributed by atoms with Crippen molar-refractivity contribution in [3.63, 3.8) is 0 Å². The average molecular weight is 219 g/mol. The molecule has 1 rings (SSSR count). The first-order chi connectivity index (χ1) is 7.61. The zero-order chi connectivity index (χ0) is 12.0. The Bertz CT molecular complexity index is 346. The van der Waals surface area contributed by atoms with Crippen molar-refractivity contribution in [3.05, 3.63) is 29.8 Å². The fourth-order valence-corrected chi connectivity index (χ4v) is 1.99. The van der Waals surface area contributed by atoms with Crippen LogP contribution in [0.5, 0.6) is 0 Å². The van der Waals surface area contributed by atoms with E-state index in [0.717, 1.165) is 24.1 Å². The van der Waals surface area contributed by atoms with E-state index < -0.39 is 0 Å². The van der Waals surface area contributed by atoms with Crippen LogP contribution in [-0.2, 0) is 11.2 Å². The number of hydrogen-bond acceptors (Lipinski definition) is 2. The zero-order valence-electron chi connectivity index (χ0n) is 10.2. The molecule has 1 atom stereocenters. The second-order valence-corrected chi connectivity index (χ2v) is 4.56. The number of rotatable bonds is 6. The van der Waals surface area contributed by atoms with Crippen LogP contribution in [0.2, 0.25) is 0 Å². The van der Waals surface area contributed by atoms with Crippen molar-refractivity contribution in [1.82, 2.24) is 0 Å². The Hall–Kier alpha value is -1.31. The molecule has 2 N–H and O–H groups in total. The van der Waals surface area contributed by atoms with Crippen LogP contribution in [0.15, 0.2) is 24.3 Å². The molecule has 0 bridgehead atoms. The predicted octanol–water partition coefficient (Wildman–Crippen LogP) is 3.21. The van der Waals surface area contributed by atoms with Crippen LogP contribution in [-0.4, -0.2) is 5.78 Å². The molecule has 2 nitrogen and oxygen atoms in total. The second-order valence-electron chi connectivity index (χ2n) is 4.56. The molecule has 16 heavy (non-hydrogen) atoms. The molecule has 2 heteroatoms. The maximum absolute atomic E-state index is 11.8. The van der Waals surface area contributed by atoms with Gasteiger partial charge in [-0.3, -0.25) is 4.79 Å². The van der Waals surface area contributed by atoms with Crippen molar-refractivity contribution in [2.45, 2.75) is 39.5 Å². The quantitative estimate of drug-likeness (QED) is 0.746. The molecule has 0 radical (unpaired) electrons. The van der Waals surface area contributed by atoms with E-state index in [1.807, 2.05) is 24.3 Å². The molecule has 0 saturated heterocycles. The highest BCUT2D eigenvalue weighted by atomic mass is 16.1. The number of carbonyl (C=O) groups excluding carboxylic acids is 1. The van der Waals surface area contributed by atoms with Crippen LogP contribution < -0.4 is 5.73 Å². The lowest BCUT2D eigenvalue weighted by molar-refractivity contribution is -0.119. The highest BCUT2D eigenvalue weighted by molar-refractivity contribution is 5.81. The molecule has 0 aliphatic rings. The maximum atomic E-state index is 11.8. The van der Waals surface area contributed by atoms with Gasteiger partial charge < -0.3 is 5.73 Å². The van der Waals surface area contributed by atoms with Crippen molar-refractivity contribution in [2.75, 3.05) is 5.73 Å². The SMILES string of the molecule is CCCC(C)CC(=O)Cc1cccc(N)c1. The van der Waals surface area contributed by atoms with E-state index in [4.69, 9.17) is 5.73 Å². The van der Waals surface area contributed by atoms with Crippen LogP contribution in [0.3, 0.4) is 0 Å². The first-order valence-corrected chi connectivity index (χ1v) is 5.98. The zero-order valence-corrected chi connectivity index (χ0v) is 10.2. The summed E-state index contributed by atoms with van der Waals surface area (Å²) in [5.41, 5.74) is 7.42. The summed E-state index contributed by atoms with van der Waals surface area (Å²) in [6.07, 6.45) is 3.47. The van der Waals surface area contributed by atoms with Gasteiger partial charge in [0.15, 0.2) is 0 Å². The first kappa shape index (κ1) is 12.8. The van der Waals surface area contributed by atoms with Crippen molar-refractivity contribution >= 4 is 11.5 Å². The van der Waals surface area contributed by atoms with Gasteiger partial charge in [-0.15, -0.1) is 0 Å². The van der Waals surface area contributed by atoms with E-state index in [1.54, 1.807) is 0 Å². The third-order valence-corrected chi connectivity index (χ3v) is 2.71. The van der Waals surface area contributed by atoms with Gasteiger partial charge in [0.2, 0.25) is 0 Å². The Morgan fingerprint density at radius 2 is 2.19 bits per heavy atom. The molecular weight excluding hydrogens is 198 g/mol. The fraction of sp³-hybridized carbons (Fsp3) is 0.500. The minimum Gasteiger partial charge on any atom is -0.399 e. The van der Waals surface area contributed by atoms with Crippen LogP contribution in [0, 0.1) is 5.92 Å². The molecule has 1 aromatic carbocycles. The molecule has 88 valence electrons. The molecule has 0 aliphatic carbocycles. The summed E-state index contributed by atoms with van der Waals surface area (Å²) in [5.74, 6) is 0.810. The number of anilines is 1. The van der Waals surface area contributed by atoms with Crippen molar-refractivity contribution < 1.29 is 4.79 Å². The topological polar surface area (TPSA) is 43.1 Å². The van der Waals surface area contributed by atoms with Gasteiger partial charge in [-0.25, -0.2) is 0 Å². The van der Waals surface area contributed by atoms with Crippen LogP contribution >= 0.6 is 0 Å². The van der Waals surface area contributed by atoms with E-state index in [0.29, 0.717) is 24.5 Å². The summed E-state index contributed by atoms with van der Waals surface area (Å²) < 4.78 is 0. The lowest BCUT2D eigenvalue weighted by Crippen LogP contribution is -2.08. The summed E-state index contributed by atoms with van der Waals surface area (Å²) in [5, 5.41) is 0. The first-order valence-electron chi connectivity index (χ1n) is 5.98. The Morgan fingerprint density at radius 3 is 2.81 bits per heavy atom. The number of ketones is 1. The summed E-state index contributed by atoms with van der Waals surface area (Å²) in [6.45, 7) is 4.29. The number of nitrogens with two attached hydrogens (primary N) is 1. The number of hydrogen-bond donors (Lipinski definition) is 1. The van der Waals surface area contributed by atoms with E-state index in [2.05, 4.69) is 13.8 Å². The number of benzene rings is 1. The van der Waals surface area contributed by atoms with Gasteiger partial charge in [0.25, 0.3) is 0 Å². The lowest BCUT2D eigenvalue weighted by Gasteiger charge is -2.08. The Morgan fingerprint density at radius 1 is 1.44 bits per heavy atom. The predicted molar refractivity (Wildman–Crippen MR) is 68.3 cm³/mol. The van der Waals surface area contributed by atoms with Gasteiger partial charge >= 0.3 is 0 Å². The Kier molecular flexibility index (Phi) is 5.03. The van der Waals surface area contributed by atoms with Crippen LogP contribution in [0.4, 0.5) is 5.69 Å². The summed E-state index contributed by atoms with van der Waals surface area (Å²) in [6, 6.07) is 7.57. The minimum absolute atomic E-state index is 0.312. The van der Waals surface area contributed by atoms with Crippen LogP contribution in [0.25, 0.3) is 0 Å². The molecule has 0 aromatic heterocycles. The van der Waals surface area contributed by atoms with Gasteiger partial charge in [-0.2, -0.15) is 0 Å². The standard InChI is InChI=1S/C14H21NO/c1-3-5-11(2)8-14(16)10-12-6-4-7-13(15)9-12/h4,6-7,9,11H,3,5,8,10,15H2,1-2H3. The van der Waals surface area contributed by atoms with Crippen molar-refractivity contribution in [2.24, 2.45) is 5.92 Å². The molecule has 0 amide bonds. The van der Waals surface area contributed by atoms with E-state index in [-0.39, 0.29) is 0 Å². The molecule has 0 fully saturated rings. The van der Waals surface area contributed by atoms with E-state index in [1.165, 1.54) is 0 Å². The third-order valence-electron chi connectivity index (χ3n) is 2.71. The third kappa shape index (κ3) is 4.47. The van der Waals surface area contributed by atoms with Crippen molar-refractivity contribution in [3.8, 4) is 0 Å². The Labute approximate surface area is 97.9 Å².